The molecule has 1 aliphatic heterocycles. The molecule has 1 aromatic carbocycles. The van der Waals surface area contributed by atoms with Crippen LogP contribution in [0.2, 0.25) is 0 Å². The van der Waals surface area contributed by atoms with E-state index >= 15 is 0 Å². The zero-order chi connectivity index (χ0) is 14.7. The molecule has 1 aliphatic rings. The van der Waals surface area contributed by atoms with Crippen molar-refractivity contribution < 1.29 is 9.59 Å². The van der Waals surface area contributed by atoms with Crippen LogP contribution in [-0.2, 0) is 9.59 Å². The molecule has 1 atom stereocenters. The Morgan fingerprint density at radius 1 is 1.15 bits per heavy atom. The minimum absolute atomic E-state index is 0.000498. The smallest absolute Gasteiger partial charge is 0.242 e. The van der Waals surface area contributed by atoms with Gasteiger partial charge in [0.05, 0.1) is 13.1 Å². The molecule has 5 nitrogen and oxygen atoms in total. The summed E-state index contributed by atoms with van der Waals surface area (Å²) >= 11 is 0. The van der Waals surface area contributed by atoms with E-state index in [1.165, 1.54) is 10.5 Å². The van der Waals surface area contributed by atoms with Gasteiger partial charge < -0.3 is 15.1 Å². The molecule has 1 aromatic rings. The largest absolute Gasteiger partial charge is 0.335 e. The van der Waals surface area contributed by atoms with Crippen LogP contribution in [-0.4, -0.2) is 55.3 Å². The molecule has 108 valence electrons. The Morgan fingerprint density at radius 3 is 2.40 bits per heavy atom. The number of benzene rings is 1. The average molecular weight is 275 g/mol. The number of aryl methyl sites for hydroxylation is 1. The number of nitrogens with one attached hydrogen (secondary N) is 1. The Bertz CT molecular complexity index is 498. The molecule has 1 heterocycles. The molecule has 1 fully saturated rings. The molecule has 0 spiro atoms. The second-order valence-corrected chi connectivity index (χ2v) is 5.28. The second kappa shape index (κ2) is 6.05. The summed E-state index contributed by atoms with van der Waals surface area (Å²) in [6, 6.07) is 8.25. The molecule has 0 radical (unpaired) electrons. The van der Waals surface area contributed by atoms with Crippen molar-refractivity contribution in [3.05, 3.63) is 35.4 Å². The lowest BCUT2D eigenvalue weighted by atomic mass is 10.0. The van der Waals surface area contributed by atoms with Gasteiger partial charge >= 0.3 is 0 Å². The molecule has 0 aromatic heterocycles. The van der Waals surface area contributed by atoms with Gasteiger partial charge in [-0.2, -0.15) is 0 Å². The predicted octanol–water partition coefficient (Wildman–Crippen LogP) is 0.556. The maximum atomic E-state index is 12.0. The summed E-state index contributed by atoms with van der Waals surface area (Å²) < 4.78 is 0. The highest BCUT2D eigenvalue weighted by molar-refractivity contribution is 5.92. The quantitative estimate of drug-likeness (QED) is 0.873. The van der Waals surface area contributed by atoms with Gasteiger partial charge in [0.1, 0.15) is 0 Å². The van der Waals surface area contributed by atoms with Crippen LogP contribution in [0.3, 0.4) is 0 Å². The molecule has 2 amide bonds. The van der Waals surface area contributed by atoms with Gasteiger partial charge in [-0.3, -0.25) is 9.59 Å². The minimum Gasteiger partial charge on any atom is -0.335 e. The molecular weight excluding hydrogens is 254 g/mol. The van der Waals surface area contributed by atoms with Crippen LogP contribution in [0.25, 0.3) is 0 Å². The van der Waals surface area contributed by atoms with Gasteiger partial charge in [0.15, 0.2) is 0 Å². The standard InChI is InChI=1S/C15H21N3O2/c1-11-4-6-12(7-5-11)13(16-2)8-18-10-14(19)17(3)9-15(18)20/h4-7,13,16H,8-10H2,1-3H3. The van der Waals surface area contributed by atoms with Crippen molar-refractivity contribution in [2.75, 3.05) is 33.7 Å². The summed E-state index contributed by atoms with van der Waals surface area (Å²) in [6.07, 6.45) is 0. The minimum atomic E-state index is -0.0108. The maximum absolute atomic E-state index is 12.0. The highest BCUT2D eigenvalue weighted by atomic mass is 16.2. The summed E-state index contributed by atoms with van der Waals surface area (Å²) in [5.41, 5.74) is 2.33. The zero-order valence-corrected chi connectivity index (χ0v) is 12.2. The van der Waals surface area contributed by atoms with Crippen LogP contribution in [0.1, 0.15) is 17.2 Å². The van der Waals surface area contributed by atoms with Crippen molar-refractivity contribution in [1.29, 1.82) is 0 Å². The first-order valence-electron chi connectivity index (χ1n) is 6.77. The summed E-state index contributed by atoms with van der Waals surface area (Å²) in [5.74, 6) is -0.0113. The summed E-state index contributed by atoms with van der Waals surface area (Å²) in [6.45, 7) is 2.89. The van der Waals surface area contributed by atoms with Crippen LogP contribution in [0.15, 0.2) is 24.3 Å². The Hall–Kier alpha value is -1.88. The molecule has 2 rings (SSSR count). The number of likely N-dealkylation sites (N-methyl/N-ethyl adjacent to an activating group) is 2. The first-order valence-corrected chi connectivity index (χ1v) is 6.77. The molecule has 0 bridgehead atoms. The van der Waals surface area contributed by atoms with Crippen molar-refractivity contribution in [3.8, 4) is 0 Å². The lowest BCUT2D eigenvalue weighted by Gasteiger charge is -2.34. The topological polar surface area (TPSA) is 52.7 Å². The summed E-state index contributed by atoms with van der Waals surface area (Å²) in [4.78, 5) is 26.8. The third-order valence-electron chi connectivity index (χ3n) is 3.71. The number of carbonyl (C=O) groups is 2. The van der Waals surface area contributed by atoms with Crippen LogP contribution >= 0.6 is 0 Å². The van der Waals surface area contributed by atoms with Crippen LogP contribution in [0.5, 0.6) is 0 Å². The van der Waals surface area contributed by atoms with Crippen molar-refractivity contribution in [2.24, 2.45) is 0 Å². The monoisotopic (exact) mass is 275 g/mol. The fraction of sp³-hybridized carbons (Fsp3) is 0.467. The van der Waals surface area contributed by atoms with Crippen LogP contribution in [0, 0.1) is 6.92 Å². The number of nitrogens with zero attached hydrogens (tertiary/aromatic N) is 2. The Balaban J connectivity index is 2.08. The van der Waals surface area contributed by atoms with E-state index in [0.29, 0.717) is 6.54 Å². The fourth-order valence-corrected chi connectivity index (χ4v) is 2.31. The van der Waals surface area contributed by atoms with E-state index in [-0.39, 0.29) is 30.9 Å². The molecule has 5 heteroatoms. The molecule has 1 unspecified atom stereocenters. The van der Waals surface area contributed by atoms with E-state index in [4.69, 9.17) is 0 Å². The van der Waals surface area contributed by atoms with E-state index in [1.807, 2.05) is 14.0 Å². The highest BCUT2D eigenvalue weighted by Gasteiger charge is 2.29. The van der Waals surface area contributed by atoms with Crippen LogP contribution < -0.4 is 5.32 Å². The van der Waals surface area contributed by atoms with Gasteiger partial charge in [-0.15, -0.1) is 0 Å². The van der Waals surface area contributed by atoms with E-state index in [1.54, 1.807) is 11.9 Å². The van der Waals surface area contributed by atoms with Crippen LogP contribution in [0.4, 0.5) is 0 Å². The second-order valence-electron chi connectivity index (χ2n) is 5.28. The van der Waals surface area contributed by atoms with Gasteiger partial charge in [-0.1, -0.05) is 29.8 Å². The molecular formula is C15H21N3O2. The molecule has 0 saturated carbocycles. The third-order valence-corrected chi connectivity index (χ3v) is 3.71. The lowest BCUT2D eigenvalue weighted by molar-refractivity contribution is -0.149. The number of rotatable bonds is 4. The highest BCUT2D eigenvalue weighted by Crippen LogP contribution is 2.16. The Morgan fingerprint density at radius 2 is 1.80 bits per heavy atom. The predicted molar refractivity (Wildman–Crippen MR) is 77.2 cm³/mol. The van der Waals surface area contributed by atoms with Crippen molar-refractivity contribution >= 4 is 11.8 Å². The average Bonchev–Trinajstić information content (AvgIpc) is 2.42. The summed E-state index contributed by atoms with van der Waals surface area (Å²) in [5, 5.41) is 3.21. The number of piperazine rings is 1. The van der Waals surface area contributed by atoms with E-state index in [0.717, 1.165) is 5.56 Å². The molecule has 20 heavy (non-hydrogen) atoms. The van der Waals surface area contributed by atoms with Gasteiger partial charge in [0.2, 0.25) is 11.8 Å². The van der Waals surface area contributed by atoms with Gasteiger partial charge in [0, 0.05) is 19.6 Å². The van der Waals surface area contributed by atoms with E-state index < -0.39 is 0 Å². The van der Waals surface area contributed by atoms with Gasteiger partial charge in [0.25, 0.3) is 0 Å². The fourth-order valence-electron chi connectivity index (χ4n) is 2.31. The maximum Gasteiger partial charge on any atom is 0.242 e. The number of amides is 2. The van der Waals surface area contributed by atoms with Crippen molar-refractivity contribution in [3.63, 3.8) is 0 Å². The first-order chi connectivity index (χ1) is 9.51. The number of hydrogen-bond donors (Lipinski definition) is 1. The van der Waals surface area contributed by atoms with Crippen molar-refractivity contribution in [2.45, 2.75) is 13.0 Å². The third kappa shape index (κ3) is 3.17. The zero-order valence-electron chi connectivity index (χ0n) is 12.2. The van der Waals surface area contributed by atoms with E-state index in [2.05, 4.69) is 29.6 Å². The van der Waals surface area contributed by atoms with E-state index in [9.17, 15) is 9.59 Å². The molecule has 0 aliphatic carbocycles. The number of hydrogen-bond acceptors (Lipinski definition) is 3. The van der Waals surface area contributed by atoms with Crippen molar-refractivity contribution in [1.82, 2.24) is 15.1 Å². The van der Waals surface area contributed by atoms with Gasteiger partial charge in [-0.25, -0.2) is 0 Å². The Labute approximate surface area is 119 Å². The normalized spacial score (nSPS) is 17.6. The van der Waals surface area contributed by atoms with Gasteiger partial charge in [-0.05, 0) is 19.5 Å². The molecule has 1 saturated heterocycles. The Kier molecular flexibility index (Phi) is 4.39. The summed E-state index contributed by atoms with van der Waals surface area (Å²) in [7, 11) is 3.53. The molecule has 1 N–H and O–H groups in total. The SMILES string of the molecule is CNC(CN1CC(=O)N(C)CC1=O)c1ccc(C)cc1. The lowest BCUT2D eigenvalue weighted by Crippen LogP contribution is -2.53. The number of carbonyl (C=O) groups excluding carboxylic acids is 2. The first kappa shape index (κ1) is 14.5.